The molecule has 0 aliphatic carbocycles. The summed E-state index contributed by atoms with van der Waals surface area (Å²) in [7, 11) is 0. The first kappa shape index (κ1) is 26.0. The predicted octanol–water partition coefficient (Wildman–Crippen LogP) is 6.01. The smallest absolute Gasteiger partial charge is 0.262 e. The van der Waals surface area contributed by atoms with Crippen molar-refractivity contribution in [3.63, 3.8) is 0 Å². The molecule has 1 fully saturated rings. The minimum absolute atomic E-state index is 0.0250. The lowest BCUT2D eigenvalue weighted by Gasteiger charge is -2.37. The Bertz CT molecular complexity index is 1250. The van der Waals surface area contributed by atoms with Gasteiger partial charge in [0.05, 0.1) is 20.9 Å². The van der Waals surface area contributed by atoms with Crippen LogP contribution in [0.5, 0.6) is 5.75 Å². The largest absolute Gasteiger partial charge is 0.482 e. The number of para-hydroxylation sites is 1. The second-order valence-corrected chi connectivity index (χ2v) is 10.3. The molecule has 1 heterocycles. The summed E-state index contributed by atoms with van der Waals surface area (Å²) in [5, 5.41) is 3.49. The average Bonchev–Trinajstić information content (AvgIpc) is 2.84. The van der Waals surface area contributed by atoms with Crippen molar-refractivity contribution in [2.45, 2.75) is 20.8 Å². The van der Waals surface area contributed by atoms with Gasteiger partial charge < -0.3 is 19.9 Å². The first-order chi connectivity index (χ1) is 17.2. The number of carbonyl (C=O) groups excluding carboxylic acids is 2. The summed E-state index contributed by atoms with van der Waals surface area (Å²) in [5.41, 5.74) is 5.25. The van der Waals surface area contributed by atoms with Crippen molar-refractivity contribution < 1.29 is 14.3 Å². The molecule has 188 valence electrons. The third kappa shape index (κ3) is 6.02. The van der Waals surface area contributed by atoms with Crippen LogP contribution < -0.4 is 15.0 Å². The van der Waals surface area contributed by atoms with Crippen LogP contribution in [0.15, 0.2) is 59.1 Å². The van der Waals surface area contributed by atoms with Crippen LogP contribution in [-0.2, 0) is 4.79 Å². The highest BCUT2D eigenvalue weighted by Gasteiger charge is 2.25. The topological polar surface area (TPSA) is 61.9 Å². The maximum atomic E-state index is 12.9. The number of halogens is 2. The molecule has 0 saturated carbocycles. The number of aryl methyl sites for hydroxylation is 3. The number of nitrogens with one attached hydrogen (secondary N) is 1. The lowest BCUT2D eigenvalue weighted by atomic mass is 10.1. The molecule has 3 aromatic rings. The van der Waals surface area contributed by atoms with Crippen LogP contribution in [0.2, 0.25) is 5.02 Å². The molecule has 1 N–H and O–H groups in total. The minimum Gasteiger partial charge on any atom is -0.482 e. The number of carbonyl (C=O) groups is 2. The molecule has 8 heteroatoms. The highest BCUT2D eigenvalue weighted by Crippen LogP contribution is 2.35. The van der Waals surface area contributed by atoms with E-state index >= 15 is 0 Å². The number of amides is 2. The Labute approximate surface area is 225 Å². The molecule has 0 spiro atoms. The second-order valence-electron chi connectivity index (χ2n) is 9.01. The van der Waals surface area contributed by atoms with Crippen molar-refractivity contribution >= 4 is 50.7 Å². The second kappa shape index (κ2) is 11.4. The third-order valence-electron chi connectivity index (χ3n) is 6.16. The van der Waals surface area contributed by atoms with Crippen LogP contribution >= 0.6 is 27.5 Å². The van der Waals surface area contributed by atoms with Gasteiger partial charge in [-0.2, -0.15) is 0 Å². The van der Waals surface area contributed by atoms with Crippen LogP contribution in [0, 0.1) is 20.8 Å². The summed E-state index contributed by atoms with van der Waals surface area (Å²) >= 11 is 10.1. The Hall–Kier alpha value is -3.03. The number of hydrogen-bond donors (Lipinski definition) is 1. The fourth-order valence-corrected chi connectivity index (χ4v) is 5.44. The number of benzene rings is 3. The maximum Gasteiger partial charge on any atom is 0.262 e. The van der Waals surface area contributed by atoms with Gasteiger partial charge in [-0.25, -0.2) is 0 Å². The van der Waals surface area contributed by atoms with Gasteiger partial charge in [-0.15, -0.1) is 0 Å². The molecule has 4 rings (SSSR count). The summed E-state index contributed by atoms with van der Waals surface area (Å²) in [4.78, 5) is 29.6. The molecule has 2 amide bonds. The number of ether oxygens (including phenoxy) is 1. The van der Waals surface area contributed by atoms with E-state index in [9.17, 15) is 9.59 Å². The van der Waals surface area contributed by atoms with Gasteiger partial charge in [-0.05, 0) is 78.2 Å². The minimum atomic E-state index is -0.279. The van der Waals surface area contributed by atoms with Gasteiger partial charge >= 0.3 is 0 Å². The van der Waals surface area contributed by atoms with Gasteiger partial charge in [0, 0.05) is 31.7 Å². The van der Waals surface area contributed by atoms with Crippen LogP contribution in [0.25, 0.3) is 0 Å². The third-order valence-corrected chi connectivity index (χ3v) is 7.06. The van der Waals surface area contributed by atoms with Gasteiger partial charge in [0.25, 0.3) is 11.8 Å². The van der Waals surface area contributed by atoms with E-state index in [1.165, 1.54) is 0 Å². The van der Waals surface area contributed by atoms with Crippen LogP contribution in [-0.4, -0.2) is 49.5 Å². The number of rotatable bonds is 6. The van der Waals surface area contributed by atoms with Gasteiger partial charge in [-0.3, -0.25) is 9.59 Å². The number of hydrogen-bond acceptors (Lipinski definition) is 4. The van der Waals surface area contributed by atoms with E-state index in [1.54, 1.807) is 12.1 Å². The van der Waals surface area contributed by atoms with E-state index in [0.29, 0.717) is 48.2 Å². The molecular weight excluding hydrogens is 542 g/mol. The molecule has 0 radical (unpaired) electrons. The first-order valence-electron chi connectivity index (χ1n) is 11.8. The monoisotopic (exact) mass is 569 g/mol. The molecule has 1 aliphatic heterocycles. The van der Waals surface area contributed by atoms with Crippen molar-refractivity contribution in [2.75, 3.05) is 43.0 Å². The van der Waals surface area contributed by atoms with Gasteiger partial charge in [0.2, 0.25) is 0 Å². The highest BCUT2D eigenvalue weighted by molar-refractivity contribution is 9.10. The van der Waals surface area contributed by atoms with Crippen molar-refractivity contribution in [2.24, 2.45) is 0 Å². The van der Waals surface area contributed by atoms with E-state index in [0.717, 1.165) is 26.9 Å². The van der Waals surface area contributed by atoms with Crippen LogP contribution in [0.3, 0.4) is 0 Å². The van der Waals surface area contributed by atoms with Gasteiger partial charge in [0.1, 0.15) is 5.75 Å². The quantitative estimate of drug-likeness (QED) is 0.394. The Balaban J connectivity index is 1.41. The molecule has 36 heavy (non-hydrogen) atoms. The SMILES string of the molecule is Cc1ccc(C(=O)N2CCN(c3c(Cl)cccc3NC(=O)COc3c(C)cc(C)cc3Br)CC2)cc1. The number of nitrogens with zero attached hydrogens (tertiary/aromatic N) is 2. The van der Waals surface area contributed by atoms with Crippen molar-refractivity contribution in [3.8, 4) is 5.75 Å². The first-order valence-corrected chi connectivity index (χ1v) is 13.0. The lowest BCUT2D eigenvalue weighted by molar-refractivity contribution is -0.118. The summed E-state index contributed by atoms with van der Waals surface area (Å²) < 4.78 is 6.63. The van der Waals surface area contributed by atoms with Crippen LogP contribution in [0.1, 0.15) is 27.0 Å². The van der Waals surface area contributed by atoms with Crippen LogP contribution in [0.4, 0.5) is 11.4 Å². The Morgan fingerprint density at radius 2 is 1.67 bits per heavy atom. The standard InChI is InChI=1S/C28H29BrClN3O3/c1-18-7-9-21(10-8-18)28(35)33-13-11-32(12-14-33)26-23(30)5-4-6-24(26)31-25(34)17-36-27-20(3)15-19(2)16-22(27)29/h4-10,15-16H,11-14,17H2,1-3H3,(H,31,34). The zero-order chi connectivity index (χ0) is 25.8. The molecular formula is C28H29BrClN3O3. The Morgan fingerprint density at radius 1 is 0.972 bits per heavy atom. The molecule has 0 bridgehead atoms. The van der Waals surface area contributed by atoms with Gasteiger partial charge in [-0.1, -0.05) is 41.4 Å². The van der Waals surface area contributed by atoms with E-state index in [1.807, 2.05) is 68.1 Å². The molecule has 0 unspecified atom stereocenters. The molecule has 1 saturated heterocycles. The zero-order valence-corrected chi connectivity index (χ0v) is 22.9. The number of anilines is 2. The van der Waals surface area contributed by atoms with E-state index in [2.05, 4.69) is 26.1 Å². The van der Waals surface area contributed by atoms with Crippen molar-refractivity contribution in [3.05, 3.63) is 86.3 Å². The van der Waals surface area contributed by atoms with Crippen molar-refractivity contribution in [1.82, 2.24) is 4.90 Å². The number of piperazine rings is 1. The summed E-state index contributed by atoms with van der Waals surface area (Å²) in [6.45, 7) is 8.17. The van der Waals surface area contributed by atoms with E-state index < -0.39 is 0 Å². The lowest BCUT2D eigenvalue weighted by Crippen LogP contribution is -2.49. The predicted molar refractivity (Wildman–Crippen MR) is 148 cm³/mol. The summed E-state index contributed by atoms with van der Waals surface area (Å²) in [6.07, 6.45) is 0. The fraction of sp³-hybridized carbons (Fsp3) is 0.286. The molecule has 6 nitrogen and oxygen atoms in total. The molecule has 0 atom stereocenters. The van der Waals surface area contributed by atoms with Crippen molar-refractivity contribution in [1.29, 1.82) is 0 Å². The fourth-order valence-electron chi connectivity index (χ4n) is 4.36. The molecule has 3 aromatic carbocycles. The summed E-state index contributed by atoms with van der Waals surface area (Å²) in [5.74, 6) is 0.395. The molecule has 0 aromatic heterocycles. The van der Waals surface area contributed by atoms with E-state index in [-0.39, 0.29) is 18.4 Å². The Morgan fingerprint density at radius 3 is 2.33 bits per heavy atom. The Kier molecular flexibility index (Phi) is 8.21. The normalized spacial score (nSPS) is 13.5. The molecule has 1 aliphatic rings. The maximum absolute atomic E-state index is 12.9. The van der Waals surface area contributed by atoms with E-state index in [4.69, 9.17) is 16.3 Å². The summed E-state index contributed by atoms with van der Waals surface area (Å²) in [6, 6.07) is 17.0. The highest BCUT2D eigenvalue weighted by atomic mass is 79.9. The zero-order valence-electron chi connectivity index (χ0n) is 20.6. The average molecular weight is 571 g/mol. The van der Waals surface area contributed by atoms with Gasteiger partial charge in [0.15, 0.2) is 6.61 Å².